The van der Waals surface area contributed by atoms with Crippen LogP contribution in [0.15, 0.2) is 24.3 Å². The van der Waals surface area contributed by atoms with Crippen LogP contribution in [-0.2, 0) is 10.5 Å². The van der Waals surface area contributed by atoms with E-state index >= 15 is 0 Å². The van der Waals surface area contributed by atoms with Crippen LogP contribution in [0.25, 0.3) is 0 Å². The molecule has 1 atom stereocenters. The van der Waals surface area contributed by atoms with Crippen molar-refractivity contribution in [3.05, 3.63) is 35.4 Å². The SMILES string of the molecule is CC[C@@H](NC(=O)c1ccc(CSC)cc1)C(=O)O. The molecule has 0 unspecified atom stereocenters. The normalized spacial score (nSPS) is 11.9. The first kappa shape index (κ1) is 14.6. The van der Waals surface area contributed by atoms with E-state index in [1.807, 2.05) is 18.4 Å². The highest BCUT2D eigenvalue weighted by Crippen LogP contribution is 2.10. The van der Waals surface area contributed by atoms with Crippen LogP contribution in [0.1, 0.15) is 29.3 Å². The third-order valence-electron chi connectivity index (χ3n) is 2.54. The summed E-state index contributed by atoms with van der Waals surface area (Å²) in [6.45, 7) is 1.72. The number of carbonyl (C=O) groups excluding carboxylic acids is 1. The molecule has 5 heteroatoms. The van der Waals surface area contributed by atoms with Crippen molar-refractivity contribution in [3.63, 3.8) is 0 Å². The molecule has 1 rings (SSSR count). The van der Waals surface area contributed by atoms with Gasteiger partial charge in [0, 0.05) is 11.3 Å². The maximum Gasteiger partial charge on any atom is 0.326 e. The molecule has 0 aliphatic heterocycles. The Morgan fingerprint density at radius 2 is 1.94 bits per heavy atom. The molecule has 1 aromatic carbocycles. The van der Waals surface area contributed by atoms with Gasteiger partial charge in [0.05, 0.1) is 0 Å². The van der Waals surface area contributed by atoms with Crippen LogP contribution in [0.3, 0.4) is 0 Å². The van der Waals surface area contributed by atoms with E-state index in [1.54, 1.807) is 30.8 Å². The number of aliphatic carboxylic acids is 1. The minimum atomic E-state index is -1.01. The average Bonchev–Trinajstić information content (AvgIpc) is 2.36. The fourth-order valence-corrected chi connectivity index (χ4v) is 2.02. The van der Waals surface area contributed by atoms with Crippen LogP contribution in [0, 0.1) is 0 Å². The lowest BCUT2D eigenvalue weighted by Crippen LogP contribution is -2.40. The van der Waals surface area contributed by atoms with Gasteiger partial charge in [-0.05, 0) is 30.4 Å². The summed E-state index contributed by atoms with van der Waals surface area (Å²) < 4.78 is 0. The van der Waals surface area contributed by atoms with Crippen molar-refractivity contribution < 1.29 is 14.7 Å². The predicted octanol–water partition coefficient (Wildman–Crippen LogP) is 2.14. The van der Waals surface area contributed by atoms with E-state index in [0.717, 1.165) is 11.3 Å². The fraction of sp³-hybridized carbons (Fsp3) is 0.385. The molecule has 98 valence electrons. The predicted molar refractivity (Wildman–Crippen MR) is 72.8 cm³/mol. The number of rotatable bonds is 6. The van der Waals surface area contributed by atoms with Crippen LogP contribution in [-0.4, -0.2) is 29.3 Å². The zero-order valence-corrected chi connectivity index (χ0v) is 11.3. The molecule has 0 heterocycles. The van der Waals surface area contributed by atoms with Crippen LogP contribution in [0.4, 0.5) is 0 Å². The summed E-state index contributed by atoms with van der Waals surface area (Å²) in [7, 11) is 0. The van der Waals surface area contributed by atoms with E-state index in [0.29, 0.717) is 12.0 Å². The van der Waals surface area contributed by atoms with Gasteiger partial charge in [-0.1, -0.05) is 19.1 Å². The summed E-state index contributed by atoms with van der Waals surface area (Å²) in [5.41, 5.74) is 1.63. The molecular formula is C13H17NO3S. The number of thioether (sulfide) groups is 1. The molecule has 0 aliphatic carbocycles. The maximum atomic E-state index is 11.8. The van der Waals surface area contributed by atoms with Gasteiger partial charge in [0.15, 0.2) is 0 Å². The van der Waals surface area contributed by atoms with Crippen molar-refractivity contribution in [2.24, 2.45) is 0 Å². The van der Waals surface area contributed by atoms with Crippen LogP contribution in [0.5, 0.6) is 0 Å². The molecule has 0 saturated carbocycles. The lowest BCUT2D eigenvalue weighted by Gasteiger charge is -2.12. The van der Waals surface area contributed by atoms with Crippen LogP contribution < -0.4 is 5.32 Å². The van der Waals surface area contributed by atoms with E-state index in [9.17, 15) is 9.59 Å². The van der Waals surface area contributed by atoms with E-state index in [2.05, 4.69) is 5.32 Å². The number of nitrogens with one attached hydrogen (secondary N) is 1. The number of amides is 1. The highest BCUT2D eigenvalue weighted by molar-refractivity contribution is 7.97. The zero-order valence-electron chi connectivity index (χ0n) is 10.5. The Morgan fingerprint density at radius 3 is 2.39 bits per heavy atom. The molecule has 1 amide bonds. The van der Waals surface area contributed by atoms with Crippen molar-refractivity contribution in [1.82, 2.24) is 5.32 Å². The van der Waals surface area contributed by atoms with Crippen LogP contribution >= 0.6 is 11.8 Å². The van der Waals surface area contributed by atoms with Crippen molar-refractivity contribution >= 4 is 23.6 Å². The van der Waals surface area contributed by atoms with E-state index < -0.39 is 12.0 Å². The molecule has 0 saturated heterocycles. The van der Waals surface area contributed by atoms with Gasteiger partial charge in [-0.15, -0.1) is 0 Å². The van der Waals surface area contributed by atoms with Gasteiger partial charge in [-0.3, -0.25) is 4.79 Å². The number of hydrogen-bond donors (Lipinski definition) is 2. The molecule has 0 aromatic heterocycles. The molecule has 2 N–H and O–H groups in total. The van der Waals surface area contributed by atoms with Gasteiger partial charge in [-0.25, -0.2) is 4.79 Å². The van der Waals surface area contributed by atoms with Crippen molar-refractivity contribution in [2.75, 3.05) is 6.26 Å². The second-order valence-electron chi connectivity index (χ2n) is 3.90. The fourth-order valence-electron chi connectivity index (χ4n) is 1.50. The number of carbonyl (C=O) groups is 2. The molecule has 0 spiro atoms. The number of hydrogen-bond acceptors (Lipinski definition) is 3. The Bertz CT molecular complexity index is 417. The largest absolute Gasteiger partial charge is 0.480 e. The van der Waals surface area contributed by atoms with Crippen molar-refractivity contribution in [2.45, 2.75) is 25.1 Å². The number of carboxylic acid groups (broad SMARTS) is 1. The summed E-state index contributed by atoms with van der Waals surface area (Å²) in [5, 5.41) is 11.4. The van der Waals surface area contributed by atoms with E-state index in [4.69, 9.17) is 5.11 Å². The third kappa shape index (κ3) is 4.07. The Morgan fingerprint density at radius 1 is 1.33 bits per heavy atom. The highest BCUT2D eigenvalue weighted by atomic mass is 32.2. The first-order valence-corrected chi connectivity index (χ1v) is 7.09. The Kier molecular flexibility index (Phi) is 5.71. The van der Waals surface area contributed by atoms with Gasteiger partial charge >= 0.3 is 5.97 Å². The Hall–Kier alpha value is -1.49. The maximum absolute atomic E-state index is 11.8. The van der Waals surface area contributed by atoms with E-state index in [-0.39, 0.29) is 5.91 Å². The summed E-state index contributed by atoms with van der Waals surface area (Å²) in [4.78, 5) is 22.6. The Labute approximate surface area is 111 Å². The second-order valence-corrected chi connectivity index (χ2v) is 4.77. The monoisotopic (exact) mass is 267 g/mol. The lowest BCUT2D eigenvalue weighted by molar-refractivity contribution is -0.139. The summed E-state index contributed by atoms with van der Waals surface area (Å²) >= 11 is 1.71. The van der Waals surface area contributed by atoms with Gasteiger partial charge < -0.3 is 10.4 Å². The Balaban J connectivity index is 2.69. The average molecular weight is 267 g/mol. The second kappa shape index (κ2) is 7.06. The lowest BCUT2D eigenvalue weighted by atomic mass is 10.1. The van der Waals surface area contributed by atoms with Crippen molar-refractivity contribution in [1.29, 1.82) is 0 Å². The standard InChI is InChI=1S/C13H17NO3S/c1-3-11(13(16)17)14-12(15)10-6-4-9(5-7-10)8-18-2/h4-7,11H,3,8H2,1-2H3,(H,14,15)(H,16,17)/t11-/m1/s1. The minimum Gasteiger partial charge on any atom is -0.480 e. The number of carboxylic acids is 1. The molecule has 0 bridgehead atoms. The molecule has 1 aromatic rings. The van der Waals surface area contributed by atoms with E-state index in [1.165, 1.54) is 0 Å². The van der Waals surface area contributed by atoms with Gasteiger partial charge in [0.1, 0.15) is 6.04 Å². The summed E-state index contributed by atoms with van der Waals surface area (Å²) in [5.74, 6) is -0.459. The molecule has 0 aliphatic rings. The highest BCUT2D eigenvalue weighted by Gasteiger charge is 2.18. The summed E-state index contributed by atoms with van der Waals surface area (Å²) in [6, 6.07) is 6.37. The minimum absolute atomic E-state index is 0.347. The molecular weight excluding hydrogens is 250 g/mol. The third-order valence-corrected chi connectivity index (χ3v) is 3.16. The van der Waals surface area contributed by atoms with Gasteiger partial charge in [-0.2, -0.15) is 11.8 Å². The first-order chi connectivity index (χ1) is 8.58. The van der Waals surface area contributed by atoms with Gasteiger partial charge in [0.2, 0.25) is 0 Å². The smallest absolute Gasteiger partial charge is 0.326 e. The molecule has 4 nitrogen and oxygen atoms in total. The molecule has 0 fully saturated rings. The quantitative estimate of drug-likeness (QED) is 0.828. The van der Waals surface area contributed by atoms with Gasteiger partial charge in [0.25, 0.3) is 5.91 Å². The van der Waals surface area contributed by atoms with Crippen molar-refractivity contribution in [3.8, 4) is 0 Å². The molecule has 0 radical (unpaired) electrons. The summed E-state index contributed by atoms with van der Waals surface area (Å²) in [6.07, 6.45) is 2.38. The van der Waals surface area contributed by atoms with Crippen LogP contribution in [0.2, 0.25) is 0 Å². The topological polar surface area (TPSA) is 66.4 Å². The first-order valence-electron chi connectivity index (χ1n) is 5.70. The number of benzene rings is 1. The zero-order chi connectivity index (χ0) is 13.5. The molecule has 18 heavy (non-hydrogen) atoms.